The van der Waals surface area contributed by atoms with Crippen LogP contribution in [0.3, 0.4) is 0 Å². The van der Waals surface area contributed by atoms with Crippen molar-refractivity contribution in [1.29, 1.82) is 0 Å². The second kappa shape index (κ2) is 3.66. The zero-order valence-electron chi connectivity index (χ0n) is 7.81. The van der Waals surface area contributed by atoms with Gasteiger partial charge in [0.1, 0.15) is 12.0 Å². The number of allylic oxidation sites excluding steroid dienone is 1. The molecule has 2 rings (SSSR count). The van der Waals surface area contributed by atoms with Crippen molar-refractivity contribution in [2.75, 3.05) is 0 Å². The highest BCUT2D eigenvalue weighted by molar-refractivity contribution is 5.83. The van der Waals surface area contributed by atoms with E-state index < -0.39 is 0 Å². The van der Waals surface area contributed by atoms with Crippen LogP contribution in [-0.2, 0) is 4.79 Å². The van der Waals surface area contributed by atoms with E-state index in [1.54, 1.807) is 18.2 Å². The molecule has 1 N–H and O–H groups in total. The SMILES string of the molecule is O=C/C(=C\c1cccc(O)c1)C1CC1. The van der Waals surface area contributed by atoms with E-state index in [-0.39, 0.29) is 5.75 Å². The molecule has 1 fully saturated rings. The minimum atomic E-state index is 0.236. The van der Waals surface area contributed by atoms with Crippen LogP contribution in [0.1, 0.15) is 18.4 Å². The van der Waals surface area contributed by atoms with E-state index in [2.05, 4.69) is 0 Å². The Morgan fingerprint density at radius 2 is 2.21 bits per heavy atom. The van der Waals surface area contributed by atoms with Crippen LogP contribution in [0.2, 0.25) is 0 Å². The molecule has 0 unspecified atom stereocenters. The molecule has 1 aliphatic rings. The maximum absolute atomic E-state index is 10.7. The Labute approximate surface area is 82.9 Å². The van der Waals surface area contributed by atoms with E-state index in [1.807, 2.05) is 12.1 Å². The molecule has 0 spiro atoms. The Bertz CT molecular complexity index is 376. The van der Waals surface area contributed by atoms with Gasteiger partial charge in [-0.2, -0.15) is 0 Å². The number of carbonyl (C=O) groups is 1. The normalized spacial score (nSPS) is 16.7. The fourth-order valence-corrected chi connectivity index (χ4v) is 1.47. The van der Waals surface area contributed by atoms with Crippen molar-refractivity contribution in [2.45, 2.75) is 12.8 Å². The van der Waals surface area contributed by atoms with Crippen molar-refractivity contribution in [3.05, 3.63) is 35.4 Å². The van der Waals surface area contributed by atoms with Crippen molar-refractivity contribution in [3.8, 4) is 5.75 Å². The van der Waals surface area contributed by atoms with Crippen LogP contribution in [0.15, 0.2) is 29.8 Å². The van der Waals surface area contributed by atoms with Gasteiger partial charge in [-0.3, -0.25) is 4.79 Å². The molecule has 0 amide bonds. The minimum Gasteiger partial charge on any atom is -0.508 e. The summed E-state index contributed by atoms with van der Waals surface area (Å²) < 4.78 is 0. The third-order valence-electron chi connectivity index (χ3n) is 2.39. The lowest BCUT2D eigenvalue weighted by atomic mass is 10.1. The van der Waals surface area contributed by atoms with Gasteiger partial charge in [-0.25, -0.2) is 0 Å². The minimum absolute atomic E-state index is 0.236. The van der Waals surface area contributed by atoms with E-state index in [1.165, 1.54) is 0 Å². The molecular weight excluding hydrogens is 176 g/mol. The molecule has 1 aromatic carbocycles. The van der Waals surface area contributed by atoms with E-state index in [0.717, 1.165) is 30.3 Å². The number of benzene rings is 1. The molecule has 0 saturated heterocycles. The van der Waals surface area contributed by atoms with Crippen molar-refractivity contribution in [1.82, 2.24) is 0 Å². The molecule has 0 radical (unpaired) electrons. The van der Waals surface area contributed by atoms with Gasteiger partial charge in [-0.15, -0.1) is 0 Å². The van der Waals surface area contributed by atoms with Gasteiger partial charge < -0.3 is 5.11 Å². The van der Waals surface area contributed by atoms with Gasteiger partial charge in [0.25, 0.3) is 0 Å². The van der Waals surface area contributed by atoms with Crippen LogP contribution in [-0.4, -0.2) is 11.4 Å². The molecule has 0 aliphatic heterocycles. The van der Waals surface area contributed by atoms with Gasteiger partial charge in [-0.05, 0) is 48.1 Å². The highest BCUT2D eigenvalue weighted by Crippen LogP contribution is 2.36. The van der Waals surface area contributed by atoms with Gasteiger partial charge in [0.05, 0.1) is 0 Å². The Morgan fingerprint density at radius 3 is 2.79 bits per heavy atom. The van der Waals surface area contributed by atoms with E-state index in [0.29, 0.717) is 5.92 Å². The standard InChI is InChI=1S/C12H12O2/c13-8-11(10-4-5-10)6-9-2-1-3-12(14)7-9/h1-3,6-8,10,14H,4-5H2/b11-6+. The summed E-state index contributed by atoms with van der Waals surface area (Å²) in [6.45, 7) is 0. The molecule has 0 bridgehead atoms. The number of aldehydes is 1. The molecule has 72 valence electrons. The van der Waals surface area contributed by atoms with Crippen LogP contribution in [0.5, 0.6) is 5.75 Å². The summed E-state index contributed by atoms with van der Waals surface area (Å²) in [4.78, 5) is 10.7. The van der Waals surface area contributed by atoms with Gasteiger partial charge in [0.15, 0.2) is 0 Å². The molecule has 0 heterocycles. The topological polar surface area (TPSA) is 37.3 Å². The third-order valence-corrected chi connectivity index (χ3v) is 2.39. The first-order chi connectivity index (χ1) is 6.79. The van der Waals surface area contributed by atoms with Crippen molar-refractivity contribution in [2.24, 2.45) is 5.92 Å². The summed E-state index contributed by atoms with van der Waals surface area (Å²) in [5, 5.41) is 9.24. The number of rotatable bonds is 3. The molecular formula is C12H12O2. The van der Waals surface area contributed by atoms with Crippen molar-refractivity contribution >= 4 is 12.4 Å². The maximum atomic E-state index is 10.7. The van der Waals surface area contributed by atoms with E-state index in [9.17, 15) is 9.90 Å². The largest absolute Gasteiger partial charge is 0.508 e. The van der Waals surface area contributed by atoms with Crippen LogP contribution < -0.4 is 0 Å². The fraction of sp³-hybridized carbons (Fsp3) is 0.250. The number of aromatic hydroxyl groups is 1. The second-order valence-corrected chi connectivity index (χ2v) is 3.63. The van der Waals surface area contributed by atoms with Gasteiger partial charge in [0, 0.05) is 0 Å². The number of phenols is 1. The summed E-state index contributed by atoms with van der Waals surface area (Å²) in [5.74, 6) is 0.689. The number of hydrogen-bond donors (Lipinski definition) is 1. The third kappa shape index (κ3) is 2.02. The number of carbonyl (C=O) groups excluding carboxylic acids is 1. The first kappa shape index (κ1) is 9.00. The predicted molar refractivity (Wildman–Crippen MR) is 54.9 cm³/mol. The van der Waals surface area contributed by atoms with Gasteiger partial charge in [0.2, 0.25) is 0 Å². The van der Waals surface area contributed by atoms with Crippen molar-refractivity contribution < 1.29 is 9.90 Å². The van der Waals surface area contributed by atoms with Crippen LogP contribution in [0.25, 0.3) is 6.08 Å². The monoisotopic (exact) mass is 188 g/mol. The van der Waals surface area contributed by atoms with Crippen LogP contribution in [0, 0.1) is 5.92 Å². The Morgan fingerprint density at radius 1 is 1.43 bits per heavy atom. The lowest BCUT2D eigenvalue weighted by Crippen LogP contribution is -1.86. The Hall–Kier alpha value is -1.57. The smallest absolute Gasteiger partial charge is 0.146 e. The molecule has 1 aliphatic carbocycles. The summed E-state index contributed by atoms with van der Waals surface area (Å²) in [7, 11) is 0. The Balaban J connectivity index is 2.26. The molecule has 1 saturated carbocycles. The van der Waals surface area contributed by atoms with Crippen molar-refractivity contribution in [3.63, 3.8) is 0 Å². The first-order valence-corrected chi connectivity index (χ1v) is 4.75. The van der Waals surface area contributed by atoms with E-state index in [4.69, 9.17) is 0 Å². The lowest BCUT2D eigenvalue weighted by molar-refractivity contribution is -0.105. The average molecular weight is 188 g/mol. The lowest BCUT2D eigenvalue weighted by Gasteiger charge is -1.97. The fourth-order valence-electron chi connectivity index (χ4n) is 1.47. The summed E-state index contributed by atoms with van der Waals surface area (Å²) in [6.07, 6.45) is 5.00. The molecule has 14 heavy (non-hydrogen) atoms. The quantitative estimate of drug-likeness (QED) is 0.584. The predicted octanol–water partition coefficient (Wildman–Crippen LogP) is 2.38. The molecule has 2 nitrogen and oxygen atoms in total. The summed E-state index contributed by atoms with van der Waals surface area (Å²) in [6, 6.07) is 6.93. The summed E-state index contributed by atoms with van der Waals surface area (Å²) >= 11 is 0. The zero-order chi connectivity index (χ0) is 9.97. The van der Waals surface area contributed by atoms with Gasteiger partial charge >= 0.3 is 0 Å². The number of hydrogen-bond acceptors (Lipinski definition) is 2. The van der Waals surface area contributed by atoms with E-state index >= 15 is 0 Å². The summed E-state index contributed by atoms with van der Waals surface area (Å²) in [5.41, 5.74) is 1.73. The first-order valence-electron chi connectivity index (χ1n) is 4.75. The molecule has 0 aromatic heterocycles. The average Bonchev–Trinajstić information content (AvgIpc) is 2.97. The highest BCUT2D eigenvalue weighted by Gasteiger charge is 2.25. The zero-order valence-corrected chi connectivity index (χ0v) is 7.81. The molecule has 2 heteroatoms. The highest BCUT2D eigenvalue weighted by atomic mass is 16.3. The van der Waals surface area contributed by atoms with Crippen LogP contribution in [0.4, 0.5) is 0 Å². The van der Waals surface area contributed by atoms with Gasteiger partial charge in [-0.1, -0.05) is 12.1 Å². The second-order valence-electron chi connectivity index (χ2n) is 3.63. The Kier molecular flexibility index (Phi) is 2.35. The molecule has 0 atom stereocenters. The number of phenolic OH excluding ortho intramolecular Hbond substituents is 1. The van der Waals surface area contributed by atoms with Crippen LogP contribution >= 0.6 is 0 Å². The maximum Gasteiger partial charge on any atom is 0.146 e. The molecule has 1 aromatic rings.